The molecule has 2 aromatic rings. The zero-order valence-corrected chi connectivity index (χ0v) is 17.7. The van der Waals surface area contributed by atoms with E-state index in [9.17, 15) is 9.59 Å². The molecule has 1 saturated heterocycles. The molecule has 1 heterocycles. The van der Waals surface area contributed by atoms with Crippen LogP contribution in [0.1, 0.15) is 36.0 Å². The van der Waals surface area contributed by atoms with Crippen LogP contribution in [-0.2, 0) is 9.59 Å². The standard InChI is InChI=1S/C24H31N3O2/c1-18-7-10-21(11-8-18)27(17-24(29)26-13-5-4-6-14-26)16-23(28)25-22-12-9-19(2)15-20(22)3/h7-12,15H,4-6,13-14,16-17H2,1-3H3,(H,25,28). The number of anilines is 2. The fraction of sp³-hybridized carbons (Fsp3) is 0.417. The maximum atomic E-state index is 12.8. The van der Waals surface area contributed by atoms with Gasteiger partial charge in [-0.25, -0.2) is 0 Å². The molecule has 1 fully saturated rings. The first-order valence-corrected chi connectivity index (χ1v) is 10.4. The van der Waals surface area contributed by atoms with Gasteiger partial charge in [-0.15, -0.1) is 0 Å². The van der Waals surface area contributed by atoms with Gasteiger partial charge in [0, 0.05) is 24.5 Å². The molecule has 3 rings (SSSR count). The smallest absolute Gasteiger partial charge is 0.243 e. The highest BCUT2D eigenvalue weighted by molar-refractivity contribution is 5.95. The van der Waals surface area contributed by atoms with Crippen molar-refractivity contribution in [3.63, 3.8) is 0 Å². The molecule has 154 valence electrons. The van der Waals surface area contributed by atoms with Gasteiger partial charge in [-0.3, -0.25) is 9.59 Å². The number of carbonyl (C=O) groups excluding carboxylic acids is 2. The van der Waals surface area contributed by atoms with Crippen LogP contribution in [0.5, 0.6) is 0 Å². The summed E-state index contributed by atoms with van der Waals surface area (Å²) in [7, 11) is 0. The van der Waals surface area contributed by atoms with Crippen molar-refractivity contribution in [2.75, 3.05) is 36.4 Å². The van der Waals surface area contributed by atoms with E-state index in [1.807, 2.05) is 73.0 Å². The second kappa shape index (κ2) is 9.59. The highest BCUT2D eigenvalue weighted by Crippen LogP contribution is 2.19. The van der Waals surface area contributed by atoms with E-state index >= 15 is 0 Å². The predicted octanol–water partition coefficient (Wildman–Crippen LogP) is 4.07. The molecule has 5 nitrogen and oxygen atoms in total. The number of benzene rings is 2. The Morgan fingerprint density at radius 2 is 1.55 bits per heavy atom. The summed E-state index contributed by atoms with van der Waals surface area (Å²) in [4.78, 5) is 29.4. The van der Waals surface area contributed by atoms with Crippen molar-refractivity contribution in [3.05, 3.63) is 59.2 Å². The van der Waals surface area contributed by atoms with E-state index in [2.05, 4.69) is 5.32 Å². The van der Waals surface area contributed by atoms with Crippen LogP contribution in [0, 0.1) is 20.8 Å². The molecule has 2 amide bonds. The summed E-state index contributed by atoms with van der Waals surface area (Å²) in [6.07, 6.45) is 3.30. The van der Waals surface area contributed by atoms with Crippen molar-refractivity contribution in [1.82, 2.24) is 4.90 Å². The van der Waals surface area contributed by atoms with Gasteiger partial charge in [0.1, 0.15) is 0 Å². The van der Waals surface area contributed by atoms with Crippen molar-refractivity contribution in [2.45, 2.75) is 40.0 Å². The summed E-state index contributed by atoms with van der Waals surface area (Å²) in [6, 6.07) is 13.9. The lowest BCUT2D eigenvalue weighted by atomic mass is 10.1. The number of nitrogens with zero attached hydrogens (tertiary/aromatic N) is 2. The van der Waals surface area contributed by atoms with Crippen LogP contribution in [0.4, 0.5) is 11.4 Å². The largest absolute Gasteiger partial charge is 0.353 e. The lowest BCUT2D eigenvalue weighted by Crippen LogP contribution is -2.45. The van der Waals surface area contributed by atoms with Gasteiger partial charge in [-0.2, -0.15) is 0 Å². The number of piperidine rings is 1. The Hall–Kier alpha value is -2.82. The van der Waals surface area contributed by atoms with Crippen LogP contribution in [0.25, 0.3) is 0 Å². The Morgan fingerprint density at radius 1 is 0.897 bits per heavy atom. The highest BCUT2D eigenvalue weighted by atomic mass is 16.2. The van der Waals surface area contributed by atoms with Crippen LogP contribution < -0.4 is 10.2 Å². The first-order chi connectivity index (χ1) is 13.9. The van der Waals surface area contributed by atoms with Gasteiger partial charge < -0.3 is 15.1 Å². The summed E-state index contributed by atoms with van der Waals surface area (Å²) in [5, 5.41) is 3.00. The third kappa shape index (κ3) is 5.83. The average molecular weight is 394 g/mol. The van der Waals surface area contributed by atoms with Gasteiger partial charge in [-0.05, 0) is 63.8 Å². The molecule has 0 atom stereocenters. The summed E-state index contributed by atoms with van der Waals surface area (Å²) < 4.78 is 0. The zero-order chi connectivity index (χ0) is 20.8. The number of amides is 2. The molecule has 1 N–H and O–H groups in total. The molecule has 29 heavy (non-hydrogen) atoms. The summed E-state index contributed by atoms with van der Waals surface area (Å²) in [5.74, 6) is -0.0337. The normalized spacial score (nSPS) is 13.8. The van der Waals surface area contributed by atoms with E-state index < -0.39 is 0 Å². The fourth-order valence-electron chi connectivity index (χ4n) is 3.72. The number of likely N-dealkylation sites (tertiary alicyclic amines) is 1. The molecular weight excluding hydrogens is 362 g/mol. The van der Waals surface area contributed by atoms with Gasteiger partial charge in [0.15, 0.2) is 0 Å². The van der Waals surface area contributed by atoms with Crippen LogP contribution in [-0.4, -0.2) is 42.9 Å². The molecule has 0 unspecified atom stereocenters. The highest BCUT2D eigenvalue weighted by Gasteiger charge is 2.21. The number of hydrogen-bond acceptors (Lipinski definition) is 3. The number of carbonyl (C=O) groups is 2. The van der Waals surface area contributed by atoms with Crippen molar-refractivity contribution in [1.29, 1.82) is 0 Å². The van der Waals surface area contributed by atoms with Crippen molar-refractivity contribution in [3.8, 4) is 0 Å². The number of hydrogen-bond donors (Lipinski definition) is 1. The Labute approximate surface area is 173 Å². The van der Waals surface area contributed by atoms with E-state index in [0.29, 0.717) is 0 Å². The fourth-order valence-corrected chi connectivity index (χ4v) is 3.72. The Balaban J connectivity index is 1.72. The topological polar surface area (TPSA) is 52.7 Å². The first kappa shape index (κ1) is 20.9. The predicted molar refractivity (Wildman–Crippen MR) is 118 cm³/mol. The molecule has 0 saturated carbocycles. The van der Waals surface area contributed by atoms with Crippen molar-refractivity contribution >= 4 is 23.2 Å². The van der Waals surface area contributed by atoms with Crippen LogP contribution in [0.15, 0.2) is 42.5 Å². The molecule has 1 aliphatic heterocycles. The molecule has 0 bridgehead atoms. The minimum atomic E-state index is -0.121. The van der Waals surface area contributed by atoms with Crippen molar-refractivity contribution < 1.29 is 9.59 Å². The molecule has 0 aliphatic carbocycles. The monoisotopic (exact) mass is 393 g/mol. The van der Waals surface area contributed by atoms with E-state index in [-0.39, 0.29) is 24.9 Å². The van der Waals surface area contributed by atoms with Crippen LogP contribution >= 0.6 is 0 Å². The van der Waals surface area contributed by atoms with Crippen LogP contribution in [0.2, 0.25) is 0 Å². The van der Waals surface area contributed by atoms with Gasteiger partial charge in [0.25, 0.3) is 0 Å². The minimum Gasteiger partial charge on any atom is -0.353 e. The lowest BCUT2D eigenvalue weighted by Gasteiger charge is -2.31. The molecule has 2 aromatic carbocycles. The second-order valence-corrected chi connectivity index (χ2v) is 8.00. The SMILES string of the molecule is Cc1ccc(N(CC(=O)Nc2ccc(C)cc2C)CC(=O)N2CCCCC2)cc1. The Morgan fingerprint density at radius 3 is 2.21 bits per heavy atom. The number of aryl methyl sites for hydroxylation is 3. The van der Waals surface area contributed by atoms with Crippen molar-refractivity contribution in [2.24, 2.45) is 0 Å². The maximum Gasteiger partial charge on any atom is 0.243 e. The quantitative estimate of drug-likeness (QED) is 0.805. The summed E-state index contributed by atoms with van der Waals surface area (Å²) in [5.41, 5.74) is 5.04. The van der Waals surface area contributed by atoms with E-state index in [4.69, 9.17) is 0 Å². The zero-order valence-electron chi connectivity index (χ0n) is 17.7. The maximum absolute atomic E-state index is 12.8. The van der Waals surface area contributed by atoms with Gasteiger partial charge in [0.2, 0.25) is 11.8 Å². The molecule has 0 aromatic heterocycles. The Kier molecular flexibility index (Phi) is 6.91. The van der Waals surface area contributed by atoms with Gasteiger partial charge in [-0.1, -0.05) is 35.4 Å². The first-order valence-electron chi connectivity index (χ1n) is 10.4. The lowest BCUT2D eigenvalue weighted by molar-refractivity contribution is -0.130. The minimum absolute atomic E-state index is 0.0876. The molecular formula is C24H31N3O2. The van der Waals surface area contributed by atoms with E-state index in [0.717, 1.165) is 54.0 Å². The average Bonchev–Trinajstić information content (AvgIpc) is 2.71. The third-order valence-corrected chi connectivity index (χ3v) is 5.42. The van der Waals surface area contributed by atoms with Gasteiger partial charge >= 0.3 is 0 Å². The van der Waals surface area contributed by atoms with E-state index in [1.54, 1.807) is 0 Å². The summed E-state index contributed by atoms with van der Waals surface area (Å²) >= 11 is 0. The summed E-state index contributed by atoms with van der Waals surface area (Å²) in [6.45, 7) is 8.02. The van der Waals surface area contributed by atoms with Crippen LogP contribution in [0.3, 0.4) is 0 Å². The third-order valence-electron chi connectivity index (χ3n) is 5.42. The number of nitrogens with one attached hydrogen (secondary N) is 1. The second-order valence-electron chi connectivity index (χ2n) is 8.00. The molecule has 5 heteroatoms. The number of rotatable bonds is 6. The molecule has 1 aliphatic rings. The van der Waals surface area contributed by atoms with E-state index in [1.165, 1.54) is 6.42 Å². The molecule has 0 radical (unpaired) electrons. The van der Waals surface area contributed by atoms with Gasteiger partial charge in [0.05, 0.1) is 13.1 Å². The molecule has 0 spiro atoms. The Bertz CT molecular complexity index is 855.